The summed E-state index contributed by atoms with van der Waals surface area (Å²) in [6, 6.07) is 5.38. The van der Waals surface area contributed by atoms with Crippen molar-refractivity contribution in [2.24, 2.45) is 0 Å². The van der Waals surface area contributed by atoms with E-state index in [-0.39, 0.29) is 17.3 Å². The SMILES string of the molecule is Nc1n[nH]c(-c2ccc(F)cc2)c1F. The normalized spacial score (nSPS) is 10.4. The summed E-state index contributed by atoms with van der Waals surface area (Å²) in [6.07, 6.45) is 0. The third-order valence-corrected chi connectivity index (χ3v) is 1.87. The van der Waals surface area contributed by atoms with Crippen LogP contribution in [0.1, 0.15) is 0 Å². The van der Waals surface area contributed by atoms with Crippen molar-refractivity contribution in [1.29, 1.82) is 0 Å². The van der Waals surface area contributed by atoms with Crippen molar-refractivity contribution in [3.63, 3.8) is 0 Å². The Bertz CT molecular complexity index is 448. The lowest BCUT2D eigenvalue weighted by Crippen LogP contribution is -1.87. The summed E-state index contributed by atoms with van der Waals surface area (Å²) < 4.78 is 25.8. The Morgan fingerprint density at radius 3 is 2.29 bits per heavy atom. The molecule has 3 nitrogen and oxygen atoms in total. The van der Waals surface area contributed by atoms with Crippen LogP contribution in [0.2, 0.25) is 0 Å². The van der Waals surface area contributed by atoms with Crippen molar-refractivity contribution < 1.29 is 8.78 Å². The fraction of sp³-hybridized carbons (Fsp3) is 0. The maximum absolute atomic E-state index is 13.2. The highest BCUT2D eigenvalue weighted by Crippen LogP contribution is 2.23. The molecule has 0 spiro atoms. The van der Waals surface area contributed by atoms with Gasteiger partial charge in [-0.25, -0.2) is 8.78 Å². The van der Waals surface area contributed by atoms with E-state index in [1.165, 1.54) is 24.3 Å². The van der Waals surface area contributed by atoms with Gasteiger partial charge in [-0.05, 0) is 24.3 Å². The lowest BCUT2D eigenvalue weighted by molar-refractivity contribution is 0.626. The predicted octanol–water partition coefficient (Wildman–Crippen LogP) is 1.94. The quantitative estimate of drug-likeness (QED) is 0.730. The van der Waals surface area contributed by atoms with Crippen molar-refractivity contribution in [1.82, 2.24) is 10.2 Å². The van der Waals surface area contributed by atoms with Crippen LogP contribution in [0, 0.1) is 11.6 Å². The molecule has 0 atom stereocenters. The van der Waals surface area contributed by atoms with Gasteiger partial charge >= 0.3 is 0 Å². The lowest BCUT2D eigenvalue weighted by atomic mass is 10.1. The number of H-pyrrole nitrogens is 1. The van der Waals surface area contributed by atoms with Gasteiger partial charge in [0.15, 0.2) is 11.6 Å². The van der Waals surface area contributed by atoms with Gasteiger partial charge in [0, 0.05) is 5.56 Å². The smallest absolute Gasteiger partial charge is 0.192 e. The first-order chi connectivity index (χ1) is 6.68. The van der Waals surface area contributed by atoms with Gasteiger partial charge in [0.2, 0.25) is 0 Å². The summed E-state index contributed by atoms with van der Waals surface area (Å²) in [7, 11) is 0. The van der Waals surface area contributed by atoms with Gasteiger partial charge in [0.05, 0.1) is 0 Å². The Labute approximate surface area is 78.6 Å². The van der Waals surface area contributed by atoms with Crippen molar-refractivity contribution >= 4 is 5.82 Å². The number of nitrogens with one attached hydrogen (secondary N) is 1. The second-order valence-corrected chi connectivity index (χ2v) is 2.80. The number of hydrogen-bond acceptors (Lipinski definition) is 2. The summed E-state index contributed by atoms with van der Waals surface area (Å²) >= 11 is 0. The maximum atomic E-state index is 13.2. The zero-order chi connectivity index (χ0) is 10.1. The molecule has 1 heterocycles. The van der Waals surface area contributed by atoms with Gasteiger partial charge in [-0.15, -0.1) is 0 Å². The third-order valence-electron chi connectivity index (χ3n) is 1.87. The number of aromatic nitrogens is 2. The number of benzene rings is 1. The molecular formula is C9H7F2N3. The highest BCUT2D eigenvalue weighted by molar-refractivity contribution is 5.62. The minimum absolute atomic E-state index is 0.169. The van der Waals surface area contributed by atoms with E-state index in [9.17, 15) is 8.78 Å². The molecule has 2 rings (SSSR count). The number of halogens is 2. The van der Waals surface area contributed by atoms with E-state index in [0.29, 0.717) is 5.56 Å². The Balaban J connectivity index is 2.49. The van der Waals surface area contributed by atoms with Gasteiger partial charge in [-0.3, -0.25) is 5.10 Å². The molecule has 3 N–H and O–H groups in total. The molecule has 0 amide bonds. The van der Waals surface area contributed by atoms with Crippen LogP contribution < -0.4 is 5.73 Å². The van der Waals surface area contributed by atoms with Crippen LogP contribution in [0.5, 0.6) is 0 Å². The minimum Gasteiger partial charge on any atom is -0.380 e. The fourth-order valence-corrected chi connectivity index (χ4v) is 1.15. The number of aromatic amines is 1. The fourth-order valence-electron chi connectivity index (χ4n) is 1.15. The highest BCUT2D eigenvalue weighted by Gasteiger charge is 2.11. The zero-order valence-corrected chi connectivity index (χ0v) is 7.09. The number of hydrogen-bond donors (Lipinski definition) is 2. The first-order valence-electron chi connectivity index (χ1n) is 3.94. The molecule has 0 aliphatic rings. The van der Waals surface area contributed by atoms with E-state index in [4.69, 9.17) is 5.73 Å². The minimum atomic E-state index is -0.614. The molecule has 1 aromatic carbocycles. The molecule has 0 aliphatic carbocycles. The number of nitrogen functional groups attached to an aromatic ring is 1. The summed E-state index contributed by atoms with van der Waals surface area (Å²) in [6.45, 7) is 0. The number of anilines is 1. The van der Waals surface area contributed by atoms with Crippen molar-refractivity contribution in [2.45, 2.75) is 0 Å². The van der Waals surface area contributed by atoms with Crippen LogP contribution >= 0.6 is 0 Å². The standard InChI is InChI=1S/C9H7F2N3/c10-6-3-1-5(2-4-6)8-7(11)9(12)14-13-8/h1-4H,(H3,12,13,14). The molecular weight excluding hydrogens is 188 g/mol. The van der Waals surface area contributed by atoms with Crippen LogP contribution in [0.15, 0.2) is 24.3 Å². The molecule has 0 aliphatic heterocycles. The molecule has 0 radical (unpaired) electrons. The third kappa shape index (κ3) is 1.32. The van der Waals surface area contributed by atoms with Crippen LogP contribution in [-0.4, -0.2) is 10.2 Å². The van der Waals surface area contributed by atoms with Crippen molar-refractivity contribution in [2.75, 3.05) is 5.73 Å². The molecule has 0 saturated carbocycles. The molecule has 0 unspecified atom stereocenters. The van der Waals surface area contributed by atoms with Gasteiger partial charge < -0.3 is 5.73 Å². The zero-order valence-electron chi connectivity index (χ0n) is 7.09. The first kappa shape index (κ1) is 8.68. The second-order valence-electron chi connectivity index (χ2n) is 2.80. The summed E-state index contributed by atoms with van der Waals surface area (Å²) in [4.78, 5) is 0. The van der Waals surface area contributed by atoms with Crippen molar-refractivity contribution in [3.8, 4) is 11.3 Å². The van der Waals surface area contributed by atoms with E-state index in [1.807, 2.05) is 0 Å². The van der Waals surface area contributed by atoms with Gasteiger partial charge in [0.1, 0.15) is 11.5 Å². The van der Waals surface area contributed by atoms with Gasteiger partial charge in [-0.2, -0.15) is 5.10 Å². The molecule has 72 valence electrons. The van der Waals surface area contributed by atoms with E-state index in [0.717, 1.165) is 0 Å². The highest BCUT2D eigenvalue weighted by atomic mass is 19.1. The van der Waals surface area contributed by atoms with Gasteiger partial charge in [-0.1, -0.05) is 0 Å². The summed E-state index contributed by atoms with van der Waals surface area (Å²) in [5.74, 6) is -1.18. The molecule has 0 saturated heterocycles. The van der Waals surface area contributed by atoms with E-state index < -0.39 is 5.82 Å². The Kier molecular flexibility index (Phi) is 1.92. The molecule has 2 aromatic rings. The number of nitrogens with zero attached hydrogens (tertiary/aromatic N) is 1. The summed E-state index contributed by atoms with van der Waals surface area (Å²) in [5, 5.41) is 5.94. The molecule has 5 heteroatoms. The first-order valence-corrected chi connectivity index (χ1v) is 3.94. The number of rotatable bonds is 1. The molecule has 14 heavy (non-hydrogen) atoms. The predicted molar refractivity (Wildman–Crippen MR) is 48.4 cm³/mol. The largest absolute Gasteiger partial charge is 0.380 e. The topological polar surface area (TPSA) is 54.7 Å². The monoisotopic (exact) mass is 195 g/mol. The van der Waals surface area contributed by atoms with Crippen LogP contribution in [0.4, 0.5) is 14.6 Å². The Morgan fingerprint density at radius 2 is 1.79 bits per heavy atom. The molecule has 0 fully saturated rings. The average molecular weight is 195 g/mol. The second kappa shape index (κ2) is 3.10. The summed E-state index contributed by atoms with van der Waals surface area (Å²) in [5.41, 5.74) is 5.89. The van der Waals surface area contributed by atoms with Crippen LogP contribution in [-0.2, 0) is 0 Å². The van der Waals surface area contributed by atoms with Crippen LogP contribution in [0.3, 0.4) is 0 Å². The Hall–Kier alpha value is -1.91. The van der Waals surface area contributed by atoms with E-state index in [2.05, 4.69) is 10.2 Å². The average Bonchev–Trinajstić information content (AvgIpc) is 2.50. The van der Waals surface area contributed by atoms with Crippen molar-refractivity contribution in [3.05, 3.63) is 35.9 Å². The number of nitrogens with two attached hydrogens (primary N) is 1. The molecule has 0 bridgehead atoms. The van der Waals surface area contributed by atoms with E-state index in [1.54, 1.807) is 0 Å². The van der Waals surface area contributed by atoms with E-state index >= 15 is 0 Å². The Morgan fingerprint density at radius 1 is 1.14 bits per heavy atom. The maximum Gasteiger partial charge on any atom is 0.192 e. The molecule has 1 aromatic heterocycles. The van der Waals surface area contributed by atoms with Gasteiger partial charge in [0.25, 0.3) is 0 Å². The van der Waals surface area contributed by atoms with Crippen LogP contribution in [0.25, 0.3) is 11.3 Å². The lowest BCUT2D eigenvalue weighted by Gasteiger charge is -1.96.